The van der Waals surface area contributed by atoms with Crippen molar-refractivity contribution in [1.29, 1.82) is 0 Å². The van der Waals surface area contributed by atoms with Gasteiger partial charge in [-0.15, -0.1) is 0 Å². The first-order chi connectivity index (χ1) is 16.1. The van der Waals surface area contributed by atoms with Crippen LogP contribution < -0.4 is 10.8 Å². The molecule has 0 bridgehead atoms. The van der Waals surface area contributed by atoms with Crippen molar-refractivity contribution in [3.05, 3.63) is 71.4 Å². The zero-order valence-corrected chi connectivity index (χ0v) is 18.6. The summed E-state index contributed by atoms with van der Waals surface area (Å²) in [5.74, 6) is -1.24. The molecule has 172 valence electrons. The number of carbonyl (C=O) groups excluding carboxylic acids is 3. The molecule has 2 aromatic carbocycles. The second-order valence-electron chi connectivity index (χ2n) is 8.35. The number of amides is 2. The van der Waals surface area contributed by atoms with E-state index in [0.29, 0.717) is 38.0 Å². The first-order valence-corrected chi connectivity index (χ1v) is 11.5. The Morgan fingerprint density at radius 2 is 1.82 bits per heavy atom. The first-order valence-electron chi connectivity index (χ1n) is 11.5. The van der Waals surface area contributed by atoms with Gasteiger partial charge in [-0.25, -0.2) is 5.48 Å². The quantitative estimate of drug-likeness (QED) is 0.203. The van der Waals surface area contributed by atoms with Gasteiger partial charge in [0.25, 0.3) is 11.7 Å². The number of hydrogen-bond acceptors (Lipinski definition) is 4. The minimum Gasteiger partial charge on any atom is -0.349 e. The molecule has 0 radical (unpaired) electrons. The van der Waals surface area contributed by atoms with E-state index in [0.717, 1.165) is 42.3 Å². The Morgan fingerprint density at radius 3 is 2.67 bits per heavy atom. The third-order valence-electron chi connectivity index (χ3n) is 5.91. The third-order valence-corrected chi connectivity index (χ3v) is 5.91. The van der Waals surface area contributed by atoms with Gasteiger partial charge in [-0.3, -0.25) is 19.2 Å². The van der Waals surface area contributed by atoms with Gasteiger partial charge in [-0.2, -0.15) is 0 Å². The Hall–Kier alpha value is -3.45. The minimum absolute atomic E-state index is 0.168. The molecule has 4 rings (SSSR count). The van der Waals surface area contributed by atoms with E-state index in [1.807, 2.05) is 48.7 Å². The van der Waals surface area contributed by atoms with Gasteiger partial charge in [0.05, 0.1) is 17.7 Å². The normalized spacial score (nSPS) is 12.5. The maximum Gasteiger partial charge on any atom is 0.292 e. The molecule has 2 amide bonds. The van der Waals surface area contributed by atoms with Crippen molar-refractivity contribution < 1.29 is 19.2 Å². The molecule has 1 aliphatic heterocycles. The van der Waals surface area contributed by atoms with E-state index in [1.54, 1.807) is 0 Å². The summed E-state index contributed by atoms with van der Waals surface area (Å²) in [7, 11) is 0. The summed E-state index contributed by atoms with van der Waals surface area (Å²) in [6.45, 7) is 1.60. The molecule has 0 saturated heterocycles. The van der Waals surface area contributed by atoms with E-state index < -0.39 is 11.7 Å². The molecule has 2 N–H and O–H groups in total. The van der Waals surface area contributed by atoms with Crippen molar-refractivity contribution in [3.8, 4) is 0 Å². The summed E-state index contributed by atoms with van der Waals surface area (Å²) < 4.78 is 2.09. The number of unbranched alkanes of at least 4 members (excludes halogenated alkanes) is 2. The SMILES string of the molecule is O=C(CCCCCNC(=O)C(=O)c1cn2c3c(cccc13)CCC2)NOCc1ccccc1. The van der Waals surface area contributed by atoms with Gasteiger partial charge in [-0.1, -0.05) is 55.0 Å². The highest BCUT2D eigenvalue weighted by Gasteiger charge is 2.23. The number of rotatable bonds is 11. The van der Waals surface area contributed by atoms with Gasteiger partial charge in [0.15, 0.2) is 0 Å². The number of benzene rings is 2. The summed E-state index contributed by atoms with van der Waals surface area (Å²) in [5.41, 5.74) is 6.21. The smallest absolute Gasteiger partial charge is 0.292 e. The molecule has 0 fully saturated rings. The molecule has 7 nitrogen and oxygen atoms in total. The molecule has 33 heavy (non-hydrogen) atoms. The first kappa shape index (κ1) is 22.7. The highest BCUT2D eigenvalue weighted by Crippen LogP contribution is 2.29. The van der Waals surface area contributed by atoms with E-state index in [4.69, 9.17) is 4.84 Å². The van der Waals surface area contributed by atoms with E-state index in [9.17, 15) is 14.4 Å². The fourth-order valence-corrected chi connectivity index (χ4v) is 4.25. The number of para-hydroxylation sites is 1. The molecule has 1 aliphatic rings. The number of nitrogens with one attached hydrogen (secondary N) is 2. The molecular weight excluding hydrogens is 418 g/mol. The molecule has 1 aromatic heterocycles. The maximum absolute atomic E-state index is 12.7. The van der Waals surface area contributed by atoms with E-state index in [-0.39, 0.29) is 5.91 Å². The molecule has 0 unspecified atom stereocenters. The van der Waals surface area contributed by atoms with E-state index in [1.165, 1.54) is 5.56 Å². The lowest BCUT2D eigenvalue weighted by Gasteiger charge is -2.14. The largest absolute Gasteiger partial charge is 0.349 e. The van der Waals surface area contributed by atoms with Crippen molar-refractivity contribution in [2.75, 3.05) is 6.54 Å². The monoisotopic (exact) mass is 447 g/mol. The van der Waals surface area contributed by atoms with E-state index in [2.05, 4.69) is 21.4 Å². The van der Waals surface area contributed by atoms with Crippen LogP contribution in [0.2, 0.25) is 0 Å². The zero-order chi connectivity index (χ0) is 23.0. The van der Waals surface area contributed by atoms with Gasteiger partial charge in [0.1, 0.15) is 0 Å². The molecule has 0 aliphatic carbocycles. The van der Waals surface area contributed by atoms with Crippen molar-refractivity contribution in [3.63, 3.8) is 0 Å². The summed E-state index contributed by atoms with van der Waals surface area (Å²) in [5, 5.41) is 3.58. The maximum atomic E-state index is 12.7. The van der Waals surface area contributed by atoms with Crippen LogP contribution in [0.15, 0.2) is 54.7 Å². The predicted octanol–water partition coefficient (Wildman–Crippen LogP) is 3.69. The van der Waals surface area contributed by atoms with Gasteiger partial charge >= 0.3 is 0 Å². The standard InChI is InChI=1S/C26H29N3O4/c30-23(28-33-18-19-9-3-1-4-10-19)14-5-2-6-15-27-26(32)25(31)22-17-29-16-8-12-20-11-7-13-21(22)24(20)29/h1,3-4,7,9-11,13,17H,2,5-6,8,12,14-16,18H2,(H,27,32)(H,28,30). The molecule has 2 heterocycles. The number of hydrogen-bond donors (Lipinski definition) is 2. The van der Waals surface area contributed by atoms with Crippen LogP contribution in [-0.4, -0.2) is 28.7 Å². The number of aryl methyl sites for hydroxylation is 2. The molecule has 7 heteroatoms. The van der Waals surface area contributed by atoms with Gasteiger partial charge < -0.3 is 9.88 Å². The van der Waals surface area contributed by atoms with Crippen LogP contribution in [0.25, 0.3) is 10.9 Å². The van der Waals surface area contributed by atoms with Gasteiger partial charge in [-0.05, 0) is 36.8 Å². The average Bonchev–Trinajstić information content (AvgIpc) is 3.22. The Bertz CT molecular complexity index is 1140. The van der Waals surface area contributed by atoms with Crippen LogP contribution in [0, 0.1) is 0 Å². The topological polar surface area (TPSA) is 89.4 Å². The van der Waals surface area contributed by atoms with Crippen molar-refractivity contribution in [2.45, 2.75) is 51.7 Å². The average molecular weight is 448 g/mol. The Labute approximate surface area is 193 Å². The third kappa shape index (κ3) is 5.68. The Balaban J connectivity index is 1.14. The molecule has 0 spiro atoms. The summed E-state index contributed by atoms with van der Waals surface area (Å²) >= 11 is 0. The Kier molecular flexibility index (Phi) is 7.52. The number of ketones is 1. The van der Waals surface area contributed by atoms with Crippen LogP contribution in [0.4, 0.5) is 0 Å². The lowest BCUT2D eigenvalue weighted by atomic mass is 10.0. The zero-order valence-electron chi connectivity index (χ0n) is 18.6. The van der Waals surface area contributed by atoms with Gasteiger partial charge in [0, 0.05) is 31.1 Å². The predicted molar refractivity (Wildman–Crippen MR) is 125 cm³/mol. The summed E-state index contributed by atoms with van der Waals surface area (Å²) in [6, 6.07) is 15.6. The second kappa shape index (κ2) is 10.9. The number of nitrogens with zero attached hydrogens (tertiary/aromatic N) is 1. The number of aromatic nitrogens is 1. The van der Waals surface area contributed by atoms with E-state index >= 15 is 0 Å². The highest BCUT2D eigenvalue weighted by molar-refractivity contribution is 6.45. The van der Waals surface area contributed by atoms with Crippen LogP contribution in [0.5, 0.6) is 0 Å². The van der Waals surface area contributed by atoms with Crippen LogP contribution in [0.1, 0.15) is 53.6 Å². The fraction of sp³-hybridized carbons (Fsp3) is 0.346. The van der Waals surface area contributed by atoms with Crippen LogP contribution in [0.3, 0.4) is 0 Å². The fourth-order valence-electron chi connectivity index (χ4n) is 4.25. The number of carbonyl (C=O) groups is 3. The minimum atomic E-state index is -0.578. The number of Topliss-reactive ketones (excluding diaryl/α,β-unsaturated/α-hetero) is 1. The summed E-state index contributed by atoms with van der Waals surface area (Å²) in [4.78, 5) is 42.2. The van der Waals surface area contributed by atoms with Crippen molar-refractivity contribution >= 4 is 28.5 Å². The van der Waals surface area contributed by atoms with Crippen LogP contribution in [-0.2, 0) is 34.0 Å². The Morgan fingerprint density at radius 1 is 0.970 bits per heavy atom. The highest BCUT2D eigenvalue weighted by atomic mass is 16.6. The molecule has 3 aromatic rings. The van der Waals surface area contributed by atoms with Gasteiger partial charge in [0.2, 0.25) is 5.91 Å². The van der Waals surface area contributed by atoms with Crippen molar-refractivity contribution in [2.24, 2.45) is 0 Å². The molecular formula is C26H29N3O4. The van der Waals surface area contributed by atoms with Crippen molar-refractivity contribution in [1.82, 2.24) is 15.4 Å². The van der Waals surface area contributed by atoms with Crippen LogP contribution >= 0.6 is 0 Å². The molecule has 0 atom stereocenters. The lowest BCUT2D eigenvalue weighted by Crippen LogP contribution is -2.31. The lowest BCUT2D eigenvalue weighted by molar-refractivity contribution is -0.134. The number of hydroxylamine groups is 1. The molecule has 0 saturated carbocycles. The second-order valence-corrected chi connectivity index (χ2v) is 8.35. The summed E-state index contributed by atoms with van der Waals surface area (Å²) in [6.07, 6.45) is 6.35.